The monoisotopic (exact) mass is 237 g/mol. The van der Waals surface area contributed by atoms with Crippen LogP contribution in [0.1, 0.15) is 12.5 Å². The lowest BCUT2D eigenvalue weighted by molar-refractivity contribution is 0.274. The lowest BCUT2D eigenvalue weighted by Gasteiger charge is -2.40. The van der Waals surface area contributed by atoms with Crippen molar-refractivity contribution in [3.63, 3.8) is 0 Å². The van der Waals surface area contributed by atoms with Gasteiger partial charge in [-0.05, 0) is 31.7 Å². The van der Waals surface area contributed by atoms with Crippen LogP contribution >= 0.6 is 0 Å². The molecular formula is C13H20FN3. The van der Waals surface area contributed by atoms with Crippen molar-refractivity contribution in [2.24, 2.45) is 5.73 Å². The van der Waals surface area contributed by atoms with Gasteiger partial charge in [-0.15, -0.1) is 0 Å². The molecule has 17 heavy (non-hydrogen) atoms. The Morgan fingerprint density at radius 3 is 2.76 bits per heavy atom. The number of nitrogens with two attached hydrogens (primary N) is 1. The second kappa shape index (κ2) is 5.02. The van der Waals surface area contributed by atoms with Crippen LogP contribution in [0.5, 0.6) is 0 Å². The molecule has 1 heterocycles. The van der Waals surface area contributed by atoms with Gasteiger partial charge in [0.15, 0.2) is 0 Å². The van der Waals surface area contributed by atoms with E-state index in [1.165, 1.54) is 0 Å². The summed E-state index contributed by atoms with van der Waals surface area (Å²) in [4.78, 5) is 4.41. The molecule has 0 aliphatic carbocycles. The summed E-state index contributed by atoms with van der Waals surface area (Å²) in [7, 11) is 2.10. The highest BCUT2D eigenvalue weighted by Crippen LogP contribution is 2.24. The number of rotatable bonds is 2. The third-order valence-electron chi connectivity index (χ3n) is 3.39. The molecule has 2 N–H and O–H groups in total. The molecule has 1 atom stereocenters. The maximum atomic E-state index is 14.0. The third kappa shape index (κ3) is 2.58. The van der Waals surface area contributed by atoms with Crippen LogP contribution in [0.4, 0.5) is 10.1 Å². The molecule has 1 aliphatic heterocycles. The molecule has 1 saturated heterocycles. The van der Waals surface area contributed by atoms with Crippen LogP contribution in [0.25, 0.3) is 0 Å². The molecule has 94 valence electrons. The van der Waals surface area contributed by atoms with Gasteiger partial charge in [0, 0.05) is 32.2 Å². The van der Waals surface area contributed by atoms with Gasteiger partial charge in [-0.3, -0.25) is 0 Å². The Balaban J connectivity index is 2.22. The second-order valence-electron chi connectivity index (χ2n) is 4.79. The van der Waals surface area contributed by atoms with Gasteiger partial charge in [0.1, 0.15) is 5.82 Å². The smallest absolute Gasteiger partial charge is 0.146 e. The van der Waals surface area contributed by atoms with Gasteiger partial charge >= 0.3 is 0 Å². The first-order valence-electron chi connectivity index (χ1n) is 6.05. The van der Waals surface area contributed by atoms with Crippen molar-refractivity contribution in [1.29, 1.82) is 0 Å². The van der Waals surface area contributed by atoms with Crippen LogP contribution in [-0.2, 0) is 6.54 Å². The van der Waals surface area contributed by atoms with E-state index in [-0.39, 0.29) is 5.82 Å². The minimum Gasteiger partial charge on any atom is -0.364 e. The number of anilines is 1. The third-order valence-corrected chi connectivity index (χ3v) is 3.39. The van der Waals surface area contributed by atoms with Crippen molar-refractivity contribution in [2.75, 3.05) is 31.6 Å². The zero-order chi connectivity index (χ0) is 12.4. The zero-order valence-electron chi connectivity index (χ0n) is 10.5. The number of halogens is 1. The average Bonchev–Trinajstić information content (AvgIpc) is 2.30. The van der Waals surface area contributed by atoms with Gasteiger partial charge in [-0.2, -0.15) is 0 Å². The van der Waals surface area contributed by atoms with Crippen molar-refractivity contribution >= 4 is 5.69 Å². The van der Waals surface area contributed by atoms with Gasteiger partial charge in [0.25, 0.3) is 0 Å². The lowest BCUT2D eigenvalue weighted by atomic mass is 10.1. The highest BCUT2D eigenvalue weighted by molar-refractivity contribution is 5.50. The summed E-state index contributed by atoms with van der Waals surface area (Å²) in [6, 6.07) is 5.63. The largest absolute Gasteiger partial charge is 0.364 e. The zero-order valence-corrected chi connectivity index (χ0v) is 10.5. The van der Waals surface area contributed by atoms with Crippen LogP contribution in [0, 0.1) is 5.82 Å². The van der Waals surface area contributed by atoms with E-state index in [0.717, 1.165) is 25.2 Å². The lowest BCUT2D eigenvalue weighted by Crippen LogP contribution is -2.50. The molecule has 3 nitrogen and oxygen atoms in total. The molecule has 0 saturated carbocycles. The molecule has 0 aromatic heterocycles. The van der Waals surface area contributed by atoms with E-state index in [1.54, 1.807) is 6.07 Å². The molecule has 0 amide bonds. The minimum absolute atomic E-state index is 0.163. The molecule has 4 heteroatoms. The Labute approximate surface area is 102 Å². The quantitative estimate of drug-likeness (QED) is 0.844. The molecule has 0 radical (unpaired) electrons. The van der Waals surface area contributed by atoms with Gasteiger partial charge in [0.05, 0.1) is 5.69 Å². The van der Waals surface area contributed by atoms with E-state index in [4.69, 9.17) is 5.73 Å². The van der Waals surface area contributed by atoms with Crippen LogP contribution < -0.4 is 10.6 Å². The highest BCUT2D eigenvalue weighted by atomic mass is 19.1. The molecule has 0 bridgehead atoms. The normalized spacial score (nSPS) is 21.9. The Morgan fingerprint density at radius 1 is 1.41 bits per heavy atom. The summed E-state index contributed by atoms with van der Waals surface area (Å²) in [5.41, 5.74) is 7.04. The van der Waals surface area contributed by atoms with E-state index < -0.39 is 0 Å². The number of hydrogen-bond donors (Lipinski definition) is 1. The van der Waals surface area contributed by atoms with Crippen LogP contribution in [0.2, 0.25) is 0 Å². The minimum atomic E-state index is -0.163. The Bertz CT molecular complexity index is 394. The maximum absolute atomic E-state index is 14.0. The van der Waals surface area contributed by atoms with Crippen LogP contribution in [0.3, 0.4) is 0 Å². The summed E-state index contributed by atoms with van der Waals surface area (Å²) in [6.45, 7) is 5.33. The Morgan fingerprint density at radius 2 is 2.18 bits per heavy atom. The fourth-order valence-electron chi connectivity index (χ4n) is 2.41. The van der Waals surface area contributed by atoms with Gasteiger partial charge in [-0.25, -0.2) is 4.39 Å². The first-order valence-corrected chi connectivity index (χ1v) is 6.05. The first-order chi connectivity index (χ1) is 8.11. The van der Waals surface area contributed by atoms with Gasteiger partial charge < -0.3 is 15.5 Å². The molecule has 0 spiro atoms. The molecule has 1 aliphatic rings. The van der Waals surface area contributed by atoms with Gasteiger partial charge in [0.2, 0.25) is 0 Å². The average molecular weight is 237 g/mol. The molecule has 1 aromatic carbocycles. The predicted octanol–water partition coefficient (Wildman–Crippen LogP) is 1.42. The molecule has 1 fully saturated rings. The number of likely N-dealkylation sites (N-methyl/N-ethyl adjacent to an activating group) is 1. The first kappa shape index (κ1) is 12.3. The van der Waals surface area contributed by atoms with E-state index >= 15 is 0 Å². The van der Waals surface area contributed by atoms with Crippen LogP contribution in [0.15, 0.2) is 18.2 Å². The number of benzene rings is 1. The highest BCUT2D eigenvalue weighted by Gasteiger charge is 2.23. The Hall–Kier alpha value is -1.13. The fraction of sp³-hybridized carbons (Fsp3) is 0.538. The van der Waals surface area contributed by atoms with Crippen molar-refractivity contribution < 1.29 is 4.39 Å². The van der Waals surface area contributed by atoms with E-state index in [2.05, 4.69) is 23.8 Å². The Kier molecular flexibility index (Phi) is 3.64. The van der Waals surface area contributed by atoms with Crippen molar-refractivity contribution in [3.8, 4) is 0 Å². The number of hydrogen-bond acceptors (Lipinski definition) is 3. The maximum Gasteiger partial charge on any atom is 0.146 e. The van der Waals surface area contributed by atoms with E-state index in [0.29, 0.717) is 18.3 Å². The number of piperazine rings is 1. The number of nitrogens with zero attached hydrogens (tertiary/aromatic N) is 2. The van der Waals surface area contributed by atoms with E-state index in [9.17, 15) is 4.39 Å². The molecule has 1 unspecified atom stereocenters. The summed E-state index contributed by atoms with van der Waals surface area (Å²) in [6.07, 6.45) is 0. The van der Waals surface area contributed by atoms with Crippen molar-refractivity contribution in [2.45, 2.75) is 19.5 Å². The molecule has 2 rings (SSSR count). The summed E-state index contributed by atoms with van der Waals surface area (Å²) in [5, 5.41) is 0. The van der Waals surface area contributed by atoms with E-state index in [1.807, 2.05) is 12.1 Å². The van der Waals surface area contributed by atoms with Gasteiger partial charge in [-0.1, -0.05) is 6.07 Å². The fourth-order valence-corrected chi connectivity index (χ4v) is 2.41. The predicted molar refractivity (Wildman–Crippen MR) is 68.6 cm³/mol. The van der Waals surface area contributed by atoms with Crippen molar-refractivity contribution in [1.82, 2.24) is 4.90 Å². The second-order valence-corrected chi connectivity index (χ2v) is 4.79. The summed E-state index contributed by atoms with van der Waals surface area (Å²) < 4.78 is 14.0. The summed E-state index contributed by atoms with van der Waals surface area (Å²) >= 11 is 0. The SMILES string of the molecule is CC1CN(C)CCN1c1ccc(CN)cc1F. The van der Waals surface area contributed by atoms with Crippen LogP contribution in [-0.4, -0.2) is 37.6 Å². The topological polar surface area (TPSA) is 32.5 Å². The molecular weight excluding hydrogens is 217 g/mol. The van der Waals surface area contributed by atoms with Crippen molar-refractivity contribution in [3.05, 3.63) is 29.6 Å². The molecule has 1 aromatic rings. The standard InChI is InChI=1S/C13H20FN3/c1-10-9-16(2)5-6-17(10)13-4-3-11(8-15)7-12(13)14/h3-4,7,10H,5-6,8-9,15H2,1-2H3. The summed E-state index contributed by atoms with van der Waals surface area (Å²) in [5.74, 6) is -0.163.